The zero-order valence-electron chi connectivity index (χ0n) is 17.6. The number of aromatic nitrogens is 3. The Bertz CT molecular complexity index is 1120. The van der Waals surface area contributed by atoms with Crippen LogP contribution in [0.3, 0.4) is 0 Å². The predicted octanol–water partition coefficient (Wildman–Crippen LogP) is 3.56. The maximum atomic E-state index is 12.9. The number of nitrogens with two attached hydrogens (primary N) is 1. The molecule has 0 saturated heterocycles. The van der Waals surface area contributed by atoms with Crippen LogP contribution in [0, 0.1) is 6.92 Å². The van der Waals surface area contributed by atoms with Crippen LogP contribution in [0.15, 0.2) is 53.3 Å². The number of nitrogens with zero attached hydrogens (tertiary/aromatic N) is 3. The summed E-state index contributed by atoms with van der Waals surface area (Å²) in [6.07, 6.45) is 6.15. The van der Waals surface area contributed by atoms with Gasteiger partial charge in [-0.05, 0) is 69.0 Å². The number of halogens is 1. The van der Waals surface area contributed by atoms with Crippen molar-refractivity contribution >= 4 is 27.7 Å². The standard InChI is InChI=1S/C23H24BrN5O3/c1-14-20(13-27-29(14)17-8-4-15(24)5-9-17)22(31)28-16-6-10-18(11-7-16)32-23-19(21(25)30)3-2-12-26-23/h2-5,8-9,12-13,16,18H,6-7,10-11H2,1H3,(H2,25,30)(H,28,31)/t16-,18-. The smallest absolute Gasteiger partial charge is 0.254 e. The molecule has 4 rings (SSSR count). The van der Waals surface area contributed by atoms with Gasteiger partial charge in [0.25, 0.3) is 11.8 Å². The number of hydrogen-bond donors (Lipinski definition) is 2. The first kappa shape index (κ1) is 22.0. The molecule has 0 bridgehead atoms. The lowest BCUT2D eigenvalue weighted by Gasteiger charge is -2.29. The van der Waals surface area contributed by atoms with Crippen LogP contribution in [-0.4, -0.2) is 38.7 Å². The van der Waals surface area contributed by atoms with Crippen LogP contribution >= 0.6 is 15.9 Å². The molecular formula is C23H24BrN5O3. The Morgan fingerprint density at radius 2 is 1.84 bits per heavy atom. The van der Waals surface area contributed by atoms with Crippen molar-refractivity contribution < 1.29 is 14.3 Å². The Hall–Kier alpha value is -3.20. The summed E-state index contributed by atoms with van der Waals surface area (Å²) >= 11 is 3.43. The Labute approximate surface area is 194 Å². The number of hydrogen-bond acceptors (Lipinski definition) is 5. The molecule has 9 heteroatoms. The molecular weight excluding hydrogens is 474 g/mol. The van der Waals surface area contributed by atoms with E-state index in [9.17, 15) is 9.59 Å². The summed E-state index contributed by atoms with van der Waals surface area (Å²) in [5.74, 6) is -0.424. The summed E-state index contributed by atoms with van der Waals surface area (Å²) in [7, 11) is 0. The van der Waals surface area contributed by atoms with E-state index in [4.69, 9.17) is 10.5 Å². The zero-order chi connectivity index (χ0) is 22.7. The number of ether oxygens (including phenoxy) is 1. The average molecular weight is 498 g/mol. The molecule has 1 saturated carbocycles. The molecule has 32 heavy (non-hydrogen) atoms. The van der Waals surface area contributed by atoms with E-state index in [1.807, 2.05) is 31.2 Å². The highest BCUT2D eigenvalue weighted by Gasteiger charge is 2.26. The second-order valence-corrected chi connectivity index (χ2v) is 8.73. The van der Waals surface area contributed by atoms with E-state index in [1.54, 1.807) is 29.2 Å². The van der Waals surface area contributed by atoms with Gasteiger partial charge in [0.05, 0.1) is 23.1 Å². The quantitative estimate of drug-likeness (QED) is 0.540. The third kappa shape index (κ3) is 4.83. The number of rotatable bonds is 6. The number of primary amides is 1. The summed E-state index contributed by atoms with van der Waals surface area (Å²) in [4.78, 5) is 28.6. The van der Waals surface area contributed by atoms with E-state index in [2.05, 4.69) is 31.3 Å². The van der Waals surface area contributed by atoms with Crippen molar-refractivity contribution in [3.8, 4) is 11.6 Å². The van der Waals surface area contributed by atoms with Crippen LogP contribution in [0.1, 0.15) is 52.1 Å². The molecule has 1 aliphatic carbocycles. The molecule has 1 fully saturated rings. The van der Waals surface area contributed by atoms with Crippen LogP contribution in [-0.2, 0) is 0 Å². The second-order valence-electron chi connectivity index (χ2n) is 7.82. The molecule has 3 N–H and O–H groups in total. The Kier molecular flexibility index (Phi) is 6.55. The van der Waals surface area contributed by atoms with Crippen LogP contribution in [0.5, 0.6) is 5.88 Å². The Morgan fingerprint density at radius 3 is 2.53 bits per heavy atom. The molecule has 3 aromatic rings. The maximum Gasteiger partial charge on any atom is 0.254 e. The SMILES string of the molecule is Cc1c(C(=O)N[C@H]2CC[C@H](Oc3ncccc3C(N)=O)CC2)cnn1-c1ccc(Br)cc1. The van der Waals surface area contributed by atoms with Crippen molar-refractivity contribution in [1.82, 2.24) is 20.1 Å². The van der Waals surface area contributed by atoms with Gasteiger partial charge in [-0.15, -0.1) is 0 Å². The number of carbonyl (C=O) groups excluding carboxylic acids is 2. The third-order valence-corrected chi connectivity index (χ3v) is 6.18. The Morgan fingerprint density at radius 1 is 1.12 bits per heavy atom. The van der Waals surface area contributed by atoms with E-state index >= 15 is 0 Å². The maximum absolute atomic E-state index is 12.9. The first-order chi connectivity index (χ1) is 15.4. The van der Waals surface area contributed by atoms with Gasteiger partial charge in [-0.1, -0.05) is 15.9 Å². The third-order valence-electron chi connectivity index (χ3n) is 5.65. The number of benzene rings is 1. The molecule has 0 atom stereocenters. The lowest BCUT2D eigenvalue weighted by atomic mass is 9.92. The van der Waals surface area contributed by atoms with Crippen molar-refractivity contribution in [1.29, 1.82) is 0 Å². The predicted molar refractivity (Wildman–Crippen MR) is 123 cm³/mol. The fourth-order valence-electron chi connectivity index (χ4n) is 3.89. The summed E-state index contributed by atoms with van der Waals surface area (Å²) in [5.41, 5.74) is 7.92. The van der Waals surface area contributed by atoms with Gasteiger partial charge < -0.3 is 15.8 Å². The van der Waals surface area contributed by atoms with Crippen LogP contribution < -0.4 is 15.8 Å². The van der Waals surface area contributed by atoms with E-state index < -0.39 is 5.91 Å². The highest BCUT2D eigenvalue weighted by Crippen LogP contribution is 2.25. The molecule has 1 aromatic carbocycles. The van der Waals surface area contributed by atoms with Crippen LogP contribution in [0.2, 0.25) is 0 Å². The van der Waals surface area contributed by atoms with E-state index in [-0.39, 0.29) is 29.5 Å². The molecule has 2 aromatic heterocycles. The number of carbonyl (C=O) groups is 2. The van der Waals surface area contributed by atoms with Crippen molar-refractivity contribution in [2.45, 2.75) is 44.8 Å². The van der Waals surface area contributed by atoms with Gasteiger partial charge in [0.2, 0.25) is 5.88 Å². The van der Waals surface area contributed by atoms with Gasteiger partial charge in [0, 0.05) is 16.7 Å². The first-order valence-corrected chi connectivity index (χ1v) is 11.2. The van der Waals surface area contributed by atoms with Gasteiger partial charge in [-0.2, -0.15) is 5.10 Å². The largest absolute Gasteiger partial charge is 0.474 e. The molecule has 8 nitrogen and oxygen atoms in total. The van der Waals surface area contributed by atoms with Crippen molar-refractivity contribution in [3.05, 3.63) is 70.1 Å². The molecule has 2 amide bonds. The van der Waals surface area contributed by atoms with Gasteiger partial charge >= 0.3 is 0 Å². The van der Waals surface area contributed by atoms with Gasteiger partial charge in [-0.3, -0.25) is 9.59 Å². The van der Waals surface area contributed by atoms with Crippen molar-refractivity contribution in [3.63, 3.8) is 0 Å². The normalized spacial score (nSPS) is 18.2. The topological polar surface area (TPSA) is 112 Å². The van der Waals surface area contributed by atoms with Gasteiger partial charge in [0.15, 0.2) is 0 Å². The fourth-order valence-corrected chi connectivity index (χ4v) is 4.16. The molecule has 1 aliphatic rings. The lowest BCUT2D eigenvalue weighted by Crippen LogP contribution is -2.40. The van der Waals surface area contributed by atoms with Gasteiger partial charge in [-0.25, -0.2) is 9.67 Å². The summed E-state index contributed by atoms with van der Waals surface area (Å²) < 4.78 is 8.67. The molecule has 0 radical (unpaired) electrons. The highest BCUT2D eigenvalue weighted by atomic mass is 79.9. The second kappa shape index (κ2) is 9.52. The van der Waals surface area contributed by atoms with Crippen molar-refractivity contribution in [2.24, 2.45) is 5.73 Å². The minimum absolute atomic E-state index is 0.0529. The zero-order valence-corrected chi connectivity index (χ0v) is 19.2. The molecule has 0 spiro atoms. The fraction of sp³-hybridized carbons (Fsp3) is 0.304. The van der Waals surface area contributed by atoms with E-state index in [1.165, 1.54) is 0 Å². The van der Waals surface area contributed by atoms with Crippen LogP contribution in [0.25, 0.3) is 5.69 Å². The number of amides is 2. The molecule has 166 valence electrons. The van der Waals surface area contributed by atoms with Crippen LogP contribution in [0.4, 0.5) is 0 Å². The number of nitrogens with one attached hydrogen (secondary N) is 1. The van der Waals surface area contributed by atoms with Gasteiger partial charge in [0.1, 0.15) is 11.7 Å². The first-order valence-electron chi connectivity index (χ1n) is 10.5. The minimum Gasteiger partial charge on any atom is -0.474 e. The average Bonchev–Trinajstić information content (AvgIpc) is 3.17. The summed E-state index contributed by atoms with van der Waals surface area (Å²) in [6.45, 7) is 1.89. The summed E-state index contributed by atoms with van der Waals surface area (Å²) in [5, 5.41) is 7.51. The lowest BCUT2D eigenvalue weighted by molar-refractivity contribution is 0.0880. The van der Waals surface area contributed by atoms with E-state index in [0.29, 0.717) is 5.56 Å². The minimum atomic E-state index is -0.562. The van der Waals surface area contributed by atoms with Crippen molar-refractivity contribution in [2.75, 3.05) is 0 Å². The monoisotopic (exact) mass is 497 g/mol. The molecule has 0 aliphatic heterocycles. The molecule has 0 unspecified atom stereocenters. The Balaban J connectivity index is 1.34. The number of pyridine rings is 1. The highest BCUT2D eigenvalue weighted by molar-refractivity contribution is 9.10. The summed E-state index contributed by atoms with van der Waals surface area (Å²) in [6, 6.07) is 11.1. The molecule has 2 heterocycles. The van der Waals surface area contributed by atoms with E-state index in [0.717, 1.165) is 41.5 Å².